The van der Waals surface area contributed by atoms with Gasteiger partial charge in [-0.05, 0) is 50.2 Å². The van der Waals surface area contributed by atoms with E-state index in [4.69, 9.17) is 5.73 Å². The summed E-state index contributed by atoms with van der Waals surface area (Å²) in [5, 5.41) is 3.08. The van der Waals surface area contributed by atoms with Crippen molar-refractivity contribution in [3.05, 3.63) is 29.8 Å². The number of hydrogen-bond donors (Lipinski definition) is 2. The summed E-state index contributed by atoms with van der Waals surface area (Å²) in [7, 11) is 0. The van der Waals surface area contributed by atoms with Crippen molar-refractivity contribution < 1.29 is 4.79 Å². The van der Waals surface area contributed by atoms with Gasteiger partial charge in [-0.1, -0.05) is 17.7 Å². The molecule has 5 heteroatoms. The van der Waals surface area contributed by atoms with Crippen molar-refractivity contribution in [3.63, 3.8) is 0 Å². The molecule has 1 aromatic carbocycles. The van der Waals surface area contributed by atoms with Gasteiger partial charge in [-0.15, -0.1) is 24.2 Å². The molecule has 1 aromatic rings. The lowest BCUT2D eigenvalue weighted by Gasteiger charge is -2.26. The molecule has 2 bridgehead atoms. The summed E-state index contributed by atoms with van der Waals surface area (Å²) in [4.78, 5) is 13.6. The molecular weight excluding hydrogens is 316 g/mol. The van der Waals surface area contributed by atoms with Crippen LogP contribution in [0, 0.1) is 24.7 Å². The average molecular weight is 341 g/mol. The van der Waals surface area contributed by atoms with Gasteiger partial charge in [0.1, 0.15) is 0 Å². The molecule has 122 valence electrons. The first-order valence-corrected chi connectivity index (χ1v) is 8.86. The van der Waals surface area contributed by atoms with Crippen LogP contribution in [-0.2, 0) is 4.79 Å². The van der Waals surface area contributed by atoms with Crippen molar-refractivity contribution in [3.8, 4) is 0 Å². The number of carbonyl (C=O) groups is 1. The summed E-state index contributed by atoms with van der Waals surface area (Å²) >= 11 is 1.78. The Morgan fingerprint density at radius 2 is 1.95 bits per heavy atom. The number of thioether (sulfide) groups is 1. The minimum absolute atomic E-state index is 0. The molecule has 3 nitrogen and oxygen atoms in total. The zero-order chi connectivity index (χ0) is 14.8. The number of hydrogen-bond acceptors (Lipinski definition) is 3. The number of halogens is 1. The second kappa shape index (κ2) is 7.71. The Morgan fingerprint density at radius 3 is 2.59 bits per heavy atom. The Kier molecular flexibility index (Phi) is 6.18. The first-order chi connectivity index (χ1) is 10.1. The fraction of sp³-hybridized carbons (Fsp3) is 0.588. The molecule has 0 heterocycles. The smallest absolute Gasteiger partial charge is 0.224 e. The van der Waals surface area contributed by atoms with E-state index in [1.807, 2.05) is 0 Å². The van der Waals surface area contributed by atoms with Crippen molar-refractivity contribution >= 4 is 30.1 Å². The average Bonchev–Trinajstić information content (AvgIpc) is 3.06. The van der Waals surface area contributed by atoms with Crippen LogP contribution in [0.3, 0.4) is 0 Å². The first kappa shape index (κ1) is 17.6. The lowest BCUT2D eigenvalue weighted by molar-refractivity contribution is -0.126. The van der Waals surface area contributed by atoms with E-state index in [0.29, 0.717) is 11.8 Å². The van der Waals surface area contributed by atoms with Crippen LogP contribution >= 0.6 is 24.2 Å². The lowest BCUT2D eigenvalue weighted by atomic mass is 9.84. The third-order valence-electron chi connectivity index (χ3n) is 4.97. The van der Waals surface area contributed by atoms with E-state index >= 15 is 0 Å². The second-order valence-corrected chi connectivity index (χ2v) is 7.56. The van der Waals surface area contributed by atoms with Crippen LogP contribution in [0.1, 0.15) is 24.8 Å². The maximum Gasteiger partial charge on any atom is 0.224 e. The molecule has 1 amide bonds. The van der Waals surface area contributed by atoms with Crippen LogP contribution in [-0.4, -0.2) is 24.2 Å². The third-order valence-corrected chi connectivity index (χ3v) is 5.99. The van der Waals surface area contributed by atoms with Crippen LogP contribution < -0.4 is 11.1 Å². The molecule has 0 aliphatic heterocycles. The van der Waals surface area contributed by atoms with Crippen LogP contribution in [0.2, 0.25) is 0 Å². The monoisotopic (exact) mass is 340 g/mol. The summed E-state index contributed by atoms with van der Waals surface area (Å²) in [5.74, 6) is 2.28. The minimum atomic E-state index is 0. The highest BCUT2D eigenvalue weighted by Gasteiger charge is 2.48. The SMILES string of the molecule is Cc1ccc(SCCNC(=O)C2C3CCC(C3)C2N)cc1.Cl. The van der Waals surface area contributed by atoms with E-state index in [2.05, 4.69) is 36.5 Å². The summed E-state index contributed by atoms with van der Waals surface area (Å²) < 4.78 is 0. The number of amides is 1. The van der Waals surface area contributed by atoms with Gasteiger partial charge >= 0.3 is 0 Å². The molecule has 0 aromatic heterocycles. The van der Waals surface area contributed by atoms with Gasteiger partial charge in [-0.3, -0.25) is 4.79 Å². The number of benzene rings is 1. The van der Waals surface area contributed by atoms with E-state index in [9.17, 15) is 4.79 Å². The number of rotatable bonds is 5. The van der Waals surface area contributed by atoms with E-state index in [-0.39, 0.29) is 30.3 Å². The summed E-state index contributed by atoms with van der Waals surface area (Å²) in [6.07, 6.45) is 3.57. The largest absolute Gasteiger partial charge is 0.355 e. The van der Waals surface area contributed by atoms with Gasteiger partial charge in [0.05, 0.1) is 5.92 Å². The van der Waals surface area contributed by atoms with Gasteiger partial charge < -0.3 is 11.1 Å². The molecule has 4 unspecified atom stereocenters. The van der Waals surface area contributed by atoms with Crippen LogP contribution in [0.5, 0.6) is 0 Å². The lowest BCUT2D eigenvalue weighted by Crippen LogP contribution is -2.45. The summed E-state index contributed by atoms with van der Waals surface area (Å²) in [6, 6.07) is 8.60. The molecule has 2 saturated carbocycles. The minimum Gasteiger partial charge on any atom is -0.355 e. The molecule has 2 fully saturated rings. The summed E-state index contributed by atoms with van der Waals surface area (Å²) in [6.45, 7) is 2.81. The molecular formula is C17H25ClN2OS. The van der Waals surface area contributed by atoms with Gasteiger partial charge in [-0.2, -0.15) is 0 Å². The standard InChI is InChI=1S/C17H24N2OS.ClH/c1-11-2-6-14(7-3-11)21-9-8-19-17(20)15-12-4-5-13(10-12)16(15)18;/h2-3,6-7,12-13,15-16H,4-5,8-10,18H2,1H3,(H,19,20);1H. The topological polar surface area (TPSA) is 55.1 Å². The van der Waals surface area contributed by atoms with E-state index in [1.54, 1.807) is 11.8 Å². The van der Waals surface area contributed by atoms with Gasteiger partial charge in [0.2, 0.25) is 5.91 Å². The predicted molar refractivity (Wildman–Crippen MR) is 94.5 cm³/mol. The molecule has 2 aliphatic carbocycles. The third kappa shape index (κ3) is 3.79. The molecule has 3 rings (SSSR count). The van der Waals surface area contributed by atoms with Gasteiger partial charge in [0, 0.05) is 23.2 Å². The molecule has 0 spiro atoms. The van der Waals surface area contributed by atoms with Crippen LogP contribution in [0.4, 0.5) is 0 Å². The maximum atomic E-state index is 12.3. The Morgan fingerprint density at radius 1 is 1.27 bits per heavy atom. The number of aryl methyl sites for hydroxylation is 1. The molecule has 0 saturated heterocycles. The van der Waals surface area contributed by atoms with Gasteiger partial charge in [-0.25, -0.2) is 0 Å². The Labute approximate surface area is 143 Å². The van der Waals surface area contributed by atoms with Crippen molar-refractivity contribution in [2.45, 2.75) is 37.1 Å². The number of fused-ring (bicyclic) bond motifs is 2. The molecule has 4 atom stereocenters. The molecule has 3 N–H and O–H groups in total. The van der Waals surface area contributed by atoms with Gasteiger partial charge in [0.25, 0.3) is 0 Å². The highest BCUT2D eigenvalue weighted by molar-refractivity contribution is 7.99. The van der Waals surface area contributed by atoms with E-state index < -0.39 is 0 Å². The number of nitrogens with one attached hydrogen (secondary N) is 1. The molecule has 0 radical (unpaired) electrons. The predicted octanol–water partition coefficient (Wildman–Crippen LogP) is 3.00. The number of nitrogens with two attached hydrogens (primary N) is 1. The maximum absolute atomic E-state index is 12.3. The zero-order valence-corrected chi connectivity index (χ0v) is 14.6. The van der Waals surface area contributed by atoms with E-state index in [0.717, 1.165) is 18.7 Å². The molecule has 2 aliphatic rings. The van der Waals surface area contributed by atoms with Crippen molar-refractivity contribution in [1.82, 2.24) is 5.32 Å². The second-order valence-electron chi connectivity index (χ2n) is 6.39. The highest BCUT2D eigenvalue weighted by Crippen LogP contribution is 2.47. The summed E-state index contributed by atoms with van der Waals surface area (Å²) in [5.41, 5.74) is 7.48. The first-order valence-electron chi connectivity index (χ1n) is 7.88. The van der Waals surface area contributed by atoms with Crippen molar-refractivity contribution in [2.24, 2.45) is 23.5 Å². The van der Waals surface area contributed by atoms with Crippen molar-refractivity contribution in [2.75, 3.05) is 12.3 Å². The highest BCUT2D eigenvalue weighted by atomic mass is 35.5. The fourth-order valence-corrected chi connectivity index (χ4v) is 4.59. The number of carbonyl (C=O) groups excluding carboxylic acids is 1. The normalized spacial score (nSPS) is 29.2. The molecule has 22 heavy (non-hydrogen) atoms. The van der Waals surface area contributed by atoms with E-state index in [1.165, 1.54) is 23.3 Å². The Bertz CT molecular complexity index is 506. The zero-order valence-electron chi connectivity index (χ0n) is 13.0. The fourth-order valence-electron chi connectivity index (χ4n) is 3.82. The van der Waals surface area contributed by atoms with Crippen molar-refractivity contribution in [1.29, 1.82) is 0 Å². The van der Waals surface area contributed by atoms with Gasteiger partial charge in [0.15, 0.2) is 0 Å². The Balaban J connectivity index is 0.00000176. The Hall–Kier alpha value is -0.710. The van der Waals surface area contributed by atoms with Crippen LogP contribution in [0.15, 0.2) is 29.2 Å². The quantitative estimate of drug-likeness (QED) is 0.640. The van der Waals surface area contributed by atoms with Crippen LogP contribution in [0.25, 0.3) is 0 Å².